The molecule has 12 heavy (non-hydrogen) atoms. The smallest absolute Gasteiger partial charge is 0.0104 e. The molecule has 0 aliphatic heterocycles. The quantitative estimate of drug-likeness (QED) is 0.610. The van der Waals surface area contributed by atoms with Gasteiger partial charge in [0.25, 0.3) is 0 Å². The fraction of sp³-hybridized carbons (Fsp3) is 1.00. The van der Waals surface area contributed by atoms with Crippen LogP contribution in [0.5, 0.6) is 0 Å². The lowest BCUT2D eigenvalue weighted by Crippen LogP contribution is -2.38. The maximum Gasteiger partial charge on any atom is 0.0104 e. The zero-order valence-electron chi connectivity index (χ0n) is 8.98. The van der Waals surface area contributed by atoms with E-state index in [-0.39, 0.29) is 0 Å². The zero-order valence-corrected chi connectivity index (χ0v) is 8.98. The Bertz CT molecular complexity index is 81.8. The molecule has 2 N–H and O–H groups in total. The van der Waals surface area contributed by atoms with Crippen LogP contribution in [0.3, 0.4) is 0 Å². The molecule has 0 saturated carbocycles. The Morgan fingerprint density at radius 2 is 1.83 bits per heavy atom. The molecule has 0 rings (SSSR count). The average Bonchev–Trinajstić information content (AvgIpc) is 2.11. The van der Waals surface area contributed by atoms with Crippen molar-refractivity contribution in [3.05, 3.63) is 0 Å². The highest BCUT2D eigenvalue weighted by molar-refractivity contribution is 4.74. The molecule has 2 unspecified atom stereocenters. The summed E-state index contributed by atoms with van der Waals surface area (Å²) < 4.78 is 0. The Morgan fingerprint density at radius 3 is 2.17 bits per heavy atom. The fourth-order valence-electron chi connectivity index (χ4n) is 1.76. The van der Waals surface area contributed by atoms with E-state index in [2.05, 4.69) is 31.5 Å². The Labute approximate surface area is 77.1 Å². The van der Waals surface area contributed by atoms with Gasteiger partial charge in [-0.15, -0.1) is 0 Å². The van der Waals surface area contributed by atoms with Gasteiger partial charge < -0.3 is 10.6 Å². The molecular weight excluding hydrogens is 148 g/mol. The average molecular weight is 172 g/mol. The summed E-state index contributed by atoms with van der Waals surface area (Å²) in [7, 11) is 4.10. The normalized spacial score (nSPS) is 16.0. The first kappa shape index (κ1) is 11.9. The van der Waals surface area contributed by atoms with Gasteiger partial charge in [-0.25, -0.2) is 0 Å². The summed E-state index contributed by atoms with van der Waals surface area (Å²) in [5, 5.41) is 6.65. The summed E-state index contributed by atoms with van der Waals surface area (Å²) >= 11 is 0. The number of rotatable bonds is 7. The minimum Gasteiger partial charge on any atom is -0.319 e. The Hall–Kier alpha value is -0.0800. The second kappa shape index (κ2) is 7.56. The van der Waals surface area contributed by atoms with E-state index in [1.807, 2.05) is 7.05 Å². The Balaban J connectivity index is 3.84. The van der Waals surface area contributed by atoms with E-state index in [0.29, 0.717) is 6.04 Å². The van der Waals surface area contributed by atoms with Crippen LogP contribution in [0.25, 0.3) is 0 Å². The van der Waals surface area contributed by atoms with Crippen molar-refractivity contribution in [2.24, 2.45) is 5.92 Å². The molecule has 0 heterocycles. The van der Waals surface area contributed by atoms with Crippen molar-refractivity contribution >= 4 is 0 Å². The molecule has 0 fully saturated rings. The molecule has 0 aliphatic rings. The molecule has 0 spiro atoms. The zero-order chi connectivity index (χ0) is 9.40. The lowest BCUT2D eigenvalue weighted by atomic mass is 9.93. The summed E-state index contributed by atoms with van der Waals surface area (Å²) in [6, 6.07) is 0.687. The van der Waals surface area contributed by atoms with Crippen molar-refractivity contribution in [2.45, 2.75) is 39.2 Å². The summed E-state index contributed by atoms with van der Waals surface area (Å²) in [5.74, 6) is 0.778. The maximum atomic E-state index is 3.40. The SMILES string of the molecule is CCCC(NC)C(CC)CNC. The highest BCUT2D eigenvalue weighted by Crippen LogP contribution is 2.12. The van der Waals surface area contributed by atoms with Crippen LogP contribution in [0.1, 0.15) is 33.1 Å². The van der Waals surface area contributed by atoms with Crippen molar-refractivity contribution in [1.29, 1.82) is 0 Å². The van der Waals surface area contributed by atoms with Gasteiger partial charge >= 0.3 is 0 Å². The minimum atomic E-state index is 0.687. The van der Waals surface area contributed by atoms with Crippen LogP contribution in [0.15, 0.2) is 0 Å². The molecule has 2 nitrogen and oxygen atoms in total. The van der Waals surface area contributed by atoms with Crippen molar-refractivity contribution in [1.82, 2.24) is 10.6 Å². The van der Waals surface area contributed by atoms with Gasteiger partial charge in [-0.05, 0) is 33.0 Å². The van der Waals surface area contributed by atoms with E-state index in [4.69, 9.17) is 0 Å². The molecule has 0 aromatic rings. The first-order valence-electron chi connectivity index (χ1n) is 5.11. The van der Waals surface area contributed by atoms with Crippen molar-refractivity contribution < 1.29 is 0 Å². The molecule has 0 aromatic carbocycles. The van der Waals surface area contributed by atoms with E-state index in [0.717, 1.165) is 12.5 Å². The van der Waals surface area contributed by atoms with Gasteiger partial charge in [-0.1, -0.05) is 26.7 Å². The van der Waals surface area contributed by atoms with E-state index in [1.54, 1.807) is 0 Å². The molecular formula is C10H24N2. The first-order chi connectivity index (χ1) is 5.79. The molecule has 74 valence electrons. The van der Waals surface area contributed by atoms with Crippen LogP contribution in [0.2, 0.25) is 0 Å². The largest absolute Gasteiger partial charge is 0.319 e. The molecule has 2 heteroatoms. The van der Waals surface area contributed by atoms with Crippen LogP contribution in [0, 0.1) is 5.92 Å². The topological polar surface area (TPSA) is 24.1 Å². The van der Waals surface area contributed by atoms with Gasteiger partial charge in [0, 0.05) is 6.04 Å². The van der Waals surface area contributed by atoms with E-state index < -0.39 is 0 Å². The molecule has 0 aromatic heterocycles. The predicted octanol–water partition coefficient (Wildman–Crippen LogP) is 1.62. The Kier molecular flexibility index (Phi) is 7.51. The van der Waals surface area contributed by atoms with Gasteiger partial charge in [0.05, 0.1) is 0 Å². The third-order valence-corrected chi connectivity index (χ3v) is 2.53. The summed E-state index contributed by atoms with van der Waals surface area (Å²) in [6.07, 6.45) is 3.81. The van der Waals surface area contributed by atoms with Gasteiger partial charge in [0.2, 0.25) is 0 Å². The van der Waals surface area contributed by atoms with Gasteiger partial charge in [-0.2, -0.15) is 0 Å². The van der Waals surface area contributed by atoms with Crippen LogP contribution < -0.4 is 10.6 Å². The van der Waals surface area contributed by atoms with E-state index in [9.17, 15) is 0 Å². The van der Waals surface area contributed by atoms with Crippen LogP contribution in [-0.2, 0) is 0 Å². The highest BCUT2D eigenvalue weighted by atomic mass is 14.9. The Morgan fingerprint density at radius 1 is 1.17 bits per heavy atom. The minimum absolute atomic E-state index is 0.687. The summed E-state index contributed by atoms with van der Waals surface area (Å²) in [5.41, 5.74) is 0. The van der Waals surface area contributed by atoms with Gasteiger partial charge in [-0.3, -0.25) is 0 Å². The lowest BCUT2D eigenvalue weighted by molar-refractivity contribution is 0.333. The number of hydrogen-bond donors (Lipinski definition) is 2. The van der Waals surface area contributed by atoms with Gasteiger partial charge in [0.15, 0.2) is 0 Å². The van der Waals surface area contributed by atoms with Crippen molar-refractivity contribution in [3.8, 4) is 0 Å². The van der Waals surface area contributed by atoms with Crippen LogP contribution in [0.4, 0.5) is 0 Å². The summed E-state index contributed by atoms with van der Waals surface area (Å²) in [4.78, 5) is 0. The predicted molar refractivity (Wildman–Crippen MR) is 55.5 cm³/mol. The molecule has 0 radical (unpaired) electrons. The highest BCUT2D eigenvalue weighted by Gasteiger charge is 2.15. The number of nitrogens with one attached hydrogen (secondary N) is 2. The third kappa shape index (κ3) is 4.07. The monoisotopic (exact) mass is 172 g/mol. The van der Waals surface area contributed by atoms with Gasteiger partial charge in [0.1, 0.15) is 0 Å². The van der Waals surface area contributed by atoms with Crippen molar-refractivity contribution in [2.75, 3.05) is 20.6 Å². The van der Waals surface area contributed by atoms with Crippen LogP contribution in [-0.4, -0.2) is 26.7 Å². The van der Waals surface area contributed by atoms with E-state index in [1.165, 1.54) is 19.3 Å². The molecule has 0 amide bonds. The van der Waals surface area contributed by atoms with Crippen molar-refractivity contribution in [3.63, 3.8) is 0 Å². The maximum absolute atomic E-state index is 3.40. The first-order valence-corrected chi connectivity index (χ1v) is 5.11. The molecule has 0 saturated heterocycles. The fourth-order valence-corrected chi connectivity index (χ4v) is 1.76. The lowest BCUT2D eigenvalue weighted by Gasteiger charge is -2.25. The van der Waals surface area contributed by atoms with E-state index >= 15 is 0 Å². The summed E-state index contributed by atoms with van der Waals surface area (Å²) in [6.45, 7) is 5.64. The second-order valence-electron chi connectivity index (χ2n) is 3.41. The second-order valence-corrected chi connectivity index (χ2v) is 3.41. The third-order valence-electron chi connectivity index (χ3n) is 2.53. The van der Waals surface area contributed by atoms with Crippen LogP contribution >= 0.6 is 0 Å². The molecule has 0 bridgehead atoms. The molecule has 2 atom stereocenters. The molecule has 0 aliphatic carbocycles. The standard InChI is InChI=1S/C10H24N2/c1-5-7-10(12-4)9(6-2)8-11-3/h9-12H,5-8H2,1-4H3. The number of hydrogen-bond acceptors (Lipinski definition) is 2.